The van der Waals surface area contributed by atoms with Gasteiger partial charge in [0.15, 0.2) is 0 Å². The zero-order valence-electron chi connectivity index (χ0n) is 9.43. The van der Waals surface area contributed by atoms with E-state index in [1.54, 1.807) is 12.1 Å². The van der Waals surface area contributed by atoms with E-state index in [1.165, 1.54) is 18.2 Å². The van der Waals surface area contributed by atoms with Crippen molar-refractivity contribution in [3.05, 3.63) is 64.0 Å². The van der Waals surface area contributed by atoms with E-state index in [0.29, 0.717) is 0 Å². The largest absolute Gasteiger partial charge is 0.482 e. The van der Waals surface area contributed by atoms with Crippen molar-refractivity contribution < 1.29 is 18.7 Å². The van der Waals surface area contributed by atoms with E-state index in [2.05, 4.69) is 0 Å². The Kier molecular flexibility index (Phi) is 3.74. The molecule has 94 valence electrons. The minimum atomic E-state index is -0.368. The van der Waals surface area contributed by atoms with Crippen LogP contribution in [-0.2, 0) is 13.2 Å². The maximum absolute atomic E-state index is 12.7. The van der Waals surface area contributed by atoms with Crippen LogP contribution in [0.2, 0.25) is 0 Å². The summed E-state index contributed by atoms with van der Waals surface area (Å²) in [5.74, 6) is -0.101. The number of ether oxygens (including phenoxy) is 1. The zero-order chi connectivity index (χ0) is 13.0. The Hall–Kier alpha value is -2.14. The summed E-state index contributed by atoms with van der Waals surface area (Å²) in [4.78, 5) is 11.5. The van der Waals surface area contributed by atoms with Crippen molar-refractivity contribution in [2.75, 3.05) is 0 Å². The summed E-state index contributed by atoms with van der Waals surface area (Å²) in [6, 6.07) is 6.93. The van der Waals surface area contributed by atoms with Crippen molar-refractivity contribution in [3.8, 4) is 5.75 Å². The third kappa shape index (κ3) is 2.95. The lowest BCUT2D eigenvalue weighted by Crippen LogP contribution is -2.07. The smallest absolute Gasteiger partial charge is 0.227 e. The van der Waals surface area contributed by atoms with Crippen LogP contribution in [0.5, 0.6) is 5.75 Å². The average molecular weight is 250 g/mol. The molecule has 4 nitrogen and oxygen atoms in total. The third-order valence-corrected chi connectivity index (χ3v) is 2.32. The van der Waals surface area contributed by atoms with Gasteiger partial charge in [0.1, 0.15) is 31.1 Å². The minimum Gasteiger partial charge on any atom is -0.482 e. The van der Waals surface area contributed by atoms with Crippen LogP contribution >= 0.6 is 0 Å². The molecule has 1 aromatic carbocycles. The van der Waals surface area contributed by atoms with Crippen molar-refractivity contribution in [1.82, 2.24) is 0 Å². The highest BCUT2D eigenvalue weighted by Crippen LogP contribution is 2.09. The van der Waals surface area contributed by atoms with Gasteiger partial charge >= 0.3 is 0 Å². The maximum atomic E-state index is 12.7. The summed E-state index contributed by atoms with van der Waals surface area (Å²) in [6.45, 7) is -0.197. The minimum absolute atomic E-state index is 0.0523. The first-order chi connectivity index (χ1) is 8.69. The van der Waals surface area contributed by atoms with Gasteiger partial charge in [0.05, 0.1) is 0 Å². The number of hydrogen-bond donors (Lipinski definition) is 1. The molecule has 0 atom stereocenters. The summed E-state index contributed by atoms with van der Waals surface area (Å²) in [7, 11) is 0. The van der Waals surface area contributed by atoms with Crippen molar-refractivity contribution in [1.29, 1.82) is 0 Å². The number of hydrogen-bond acceptors (Lipinski definition) is 4. The second-order valence-electron chi connectivity index (χ2n) is 3.65. The number of benzene rings is 1. The molecule has 0 saturated carbocycles. The Morgan fingerprint density at radius 3 is 2.61 bits per heavy atom. The quantitative estimate of drug-likeness (QED) is 0.899. The Labute approximate surface area is 102 Å². The molecule has 0 unspecified atom stereocenters. The molecular weight excluding hydrogens is 239 g/mol. The van der Waals surface area contributed by atoms with E-state index in [0.717, 1.165) is 11.8 Å². The first-order valence-electron chi connectivity index (χ1n) is 5.29. The zero-order valence-corrected chi connectivity index (χ0v) is 9.43. The average Bonchev–Trinajstić information content (AvgIpc) is 2.39. The SMILES string of the molecule is O=c1cc(CO)occ1OCc1ccc(F)cc1. The Bertz CT molecular complexity index is 574. The van der Waals surface area contributed by atoms with Gasteiger partial charge in [-0.05, 0) is 17.7 Å². The molecule has 5 heteroatoms. The van der Waals surface area contributed by atoms with Gasteiger partial charge in [0, 0.05) is 6.07 Å². The molecule has 0 aliphatic carbocycles. The van der Waals surface area contributed by atoms with Gasteiger partial charge < -0.3 is 14.3 Å². The van der Waals surface area contributed by atoms with Crippen LogP contribution in [0.15, 0.2) is 45.8 Å². The molecule has 2 aromatic rings. The van der Waals surface area contributed by atoms with Crippen molar-refractivity contribution in [2.24, 2.45) is 0 Å². The molecule has 2 rings (SSSR count). The molecule has 0 amide bonds. The van der Waals surface area contributed by atoms with Gasteiger partial charge in [-0.2, -0.15) is 0 Å². The Morgan fingerprint density at radius 1 is 1.28 bits per heavy atom. The summed E-state index contributed by atoms with van der Waals surface area (Å²) in [5, 5.41) is 8.78. The van der Waals surface area contributed by atoms with E-state index in [-0.39, 0.29) is 36.0 Å². The predicted octanol–water partition coefficient (Wildman–Crippen LogP) is 1.85. The van der Waals surface area contributed by atoms with E-state index in [1.807, 2.05) is 0 Å². The molecular formula is C13H11FO4. The van der Waals surface area contributed by atoms with Gasteiger partial charge in [0.25, 0.3) is 0 Å². The maximum Gasteiger partial charge on any atom is 0.227 e. The summed E-state index contributed by atoms with van der Waals surface area (Å²) < 4.78 is 22.9. The molecule has 0 radical (unpaired) electrons. The van der Waals surface area contributed by atoms with Crippen LogP contribution in [-0.4, -0.2) is 5.11 Å². The van der Waals surface area contributed by atoms with Crippen LogP contribution in [0.4, 0.5) is 4.39 Å². The van der Waals surface area contributed by atoms with Gasteiger partial charge in [-0.3, -0.25) is 4.79 Å². The number of aliphatic hydroxyl groups excluding tert-OH is 1. The fourth-order valence-electron chi connectivity index (χ4n) is 1.37. The molecule has 0 bridgehead atoms. The molecule has 0 aliphatic rings. The highest BCUT2D eigenvalue weighted by Gasteiger charge is 2.04. The number of aliphatic hydroxyl groups is 1. The monoisotopic (exact) mass is 250 g/mol. The molecule has 0 aliphatic heterocycles. The van der Waals surface area contributed by atoms with Gasteiger partial charge in [0.2, 0.25) is 11.2 Å². The Morgan fingerprint density at radius 2 is 2.00 bits per heavy atom. The molecule has 0 saturated heterocycles. The van der Waals surface area contributed by atoms with Crippen molar-refractivity contribution >= 4 is 0 Å². The highest BCUT2D eigenvalue weighted by molar-refractivity contribution is 5.20. The standard InChI is InChI=1S/C13H11FO4/c14-10-3-1-9(2-4-10)7-18-13-8-17-11(6-15)5-12(13)16/h1-5,8,15H,6-7H2. The van der Waals surface area contributed by atoms with Crippen LogP contribution in [0.3, 0.4) is 0 Å². The summed E-state index contributed by atoms with van der Waals surface area (Å²) in [5.41, 5.74) is 0.370. The molecule has 0 fully saturated rings. The first-order valence-corrected chi connectivity index (χ1v) is 5.29. The fraction of sp³-hybridized carbons (Fsp3) is 0.154. The van der Waals surface area contributed by atoms with Crippen LogP contribution in [0.1, 0.15) is 11.3 Å². The lowest BCUT2D eigenvalue weighted by Gasteiger charge is -2.05. The summed E-state index contributed by atoms with van der Waals surface area (Å²) in [6.07, 6.45) is 1.15. The molecule has 18 heavy (non-hydrogen) atoms. The fourth-order valence-corrected chi connectivity index (χ4v) is 1.37. The topological polar surface area (TPSA) is 59.7 Å². The van der Waals surface area contributed by atoms with E-state index in [9.17, 15) is 9.18 Å². The van der Waals surface area contributed by atoms with Crippen molar-refractivity contribution in [2.45, 2.75) is 13.2 Å². The number of rotatable bonds is 4. The van der Waals surface area contributed by atoms with Gasteiger partial charge in [-0.1, -0.05) is 12.1 Å². The molecule has 1 aromatic heterocycles. The first kappa shape index (κ1) is 12.3. The molecule has 0 spiro atoms. The normalized spacial score (nSPS) is 10.3. The van der Waals surface area contributed by atoms with E-state index >= 15 is 0 Å². The van der Waals surface area contributed by atoms with E-state index in [4.69, 9.17) is 14.3 Å². The number of halogens is 1. The van der Waals surface area contributed by atoms with Crippen LogP contribution in [0, 0.1) is 5.82 Å². The lowest BCUT2D eigenvalue weighted by atomic mass is 10.2. The second-order valence-corrected chi connectivity index (χ2v) is 3.65. The predicted molar refractivity (Wildman–Crippen MR) is 61.6 cm³/mol. The molecule has 1 heterocycles. The highest BCUT2D eigenvalue weighted by atomic mass is 19.1. The van der Waals surface area contributed by atoms with Crippen molar-refractivity contribution in [3.63, 3.8) is 0 Å². The van der Waals surface area contributed by atoms with Gasteiger partial charge in [-0.25, -0.2) is 4.39 Å². The van der Waals surface area contributed by atoms with Crippen LogP contribution in [0.25, 0.3) is 0 Å². The lowest BCUT2D eigenvalue weighted by molar-refractivity contribution is 0.236. The van der Waals surface area contributed by atoms with Crippen LogP contribution < -0.4 is 10.2 Å². The Balaban J connectivity index is 2.06. The summed E-state index contributed by atoms with van der Waals surface area (Å²) >= 11 is 0. The van der Waals surface area contributed by atoms with E-state index < -0.39 is 0 Å². The molecule has 1 N–H and O–H groups in total. The third-order valence-electron chi connectivity index (χ3n) is 2.32. The van der Waals surface area contributed by atoms with Gasteiger partial charge in [-0.15, -0.1) is 0 Å². The second kappa shape index (κ2) is 5.46.